The van der Waals surface area contributed by atoms with Gasteiger partial charge in [-0.1, -0.05) is 13.5 Å². The molecule has 0 aliphatic heterocycles. The molecule has 0 aromatic heterocycles. The topological polar surface area (TPSA) is 61.6 Å². The van der Waals surface area contributed by atoms with Gasteiger partial charge in [0.1, 0.15) is 5.76 Å². The lowest BCUT2D eigenvalue weighted by Crippen LogP contribution is -2.06. The quantitative estimate of drug-likeness (QED) is 0.333. The molecule has 0 fully saturated rings. The minimum Gasteiger partial charge on any atom is -0.497 e. The molecule has 0 saturated carbocycles. The van der Waals surface area contributed by atoms with Crippen LogP contribution in [0.3, 0.4) is 0 Å². The Hall–Kier alpha value is -1.26. The van der Waals surface area contributed by atoms with Crippen molar-refractivity contribution in [2.24, 2.45) is 0 Å². The molecule has 64 valence electrons. The first kappa shape index (κ1) is 9.74. The summed E-state index contributed by atoms with van der Waals surface area (Å²) >= 11 is 0. The van der Waals surface area contributed by atoms with Gasteiger partial charge < -0.3 is 9.57 Å². The monoisotopic (exact) mass is 161 g/mol. The maximum Gasteiger partial charge on any atom is 0.294 e. The van der Waals surface area contributed by atoms with E-state index in [1.165, 1.54) is 0 Å². The van der Waals surface area contributed by atoms with Gasteiger partial charge in [-0.05, 0) is 6.42 Å². The van der Waals surface area contributed by atoms with Crippen LogP contribution in [0.15, 0.2) is 12.3 Å². The zero-order valence-electron chi connectivity index (χ0n) is 6.41. The van der Waals surface area contributed by atoms with Crippen LogP contribution in [0.5, 0.6) is 0 Å². The highest BCUT2D eigenvalue weighted by molar-refractivity contribution is 4.80. The second-order valence-corrected chi connectivity index (χ2v) is 1.88. The van der Waals surface area contributed by atoms with Gasteiger partial charge in [0.05, 0.1) is 6.61 Å². The van der Waals surface area contributed by atoms with E-state index >= 15 is 0 Å². The molecule has 0 heterocycles. The van der Waals surface area contributed by atoms with Gasteiger partial charge in [-0.2, -0.15) is 0 Å². The third-order valence-corrected chi connectivity index (χ3v) is 0.841. The molecule has 11 heavy (non-hydrogen) atoms. The summed E-state index contributed by atoms with van der Waals surface area (Å²) in [5.41, 5.74) is 0. The van der Waals surface area contributed by atoms with E-state index in [1.54, 1.807) is 0 Å². The average Bonchev–Trinajstić information content (AvgIpc) is 1.97. The third-order valence-electron chi connectivity index (χ3n) is 0.841. The summed E-state index contributed by atoms with van der Waals surface area (Å²) in [6, 6.07) is 0. The standard InChI is InChI=1S/C6H11NO4/c1-3-4-10-6(2)5-11-7(8)9/h2-5H2,1H3. The van der Waals surface area contributed by atoms with E-state index in [2.05, 4.69) is 11.4 Å². The molecule has 5 nitrogen and oxygen atoms in total. The third kappa shape index (κ3) is 6.63. The largest absolute Gasteiger partial charge is 0.497 e. The van der Waals surface area contributed by atoms with Crippen molar-refractivity contribution in [1.29, 1.82) is 0 Å². The summed E-state index contributed by atoms with van der Waals surface area (Å²) in [5, 5.41) is 8.79. The summed E-state index contributed by atoms with van der Waals surface area (Å²) in [5.74, 6) is 0.281. The second kappa shape index (κ2) is 5.52. The zero-order valence-corrected chi connectivity index (χ0v) is 6.41. The van der Waals surface area contributed by atoms with Crippen LogP contribution in [0.1, 0.15) is 13.3 Å². The molecule has 0 aliphatic carbocycles. The van der Waals surface area contributed by atoms with Crippen LogP contribution in [0, 0.1) is 10.1 Å². The van der Waals surface area contributed by atoms with Crippen molar-refractivity contribution >= 4 is 0 Å². The molecule has 5 heteroatoms. The maximum absolute atomic E-state index is 9.66. The highest BCUT2D eigenvalue weighted by Gasteiger charge is 1.98. The van der Waals surface area contributed by atoms with Gasteiger partial charge in [0.15, 0.2) is 6.61 Å². The minimum atomic E-state index is -0.875. The SMILES string of the molecule is C=C(CO[N+](=O)[O-])OCCC. The van der Waals surface area contributed by atoms with Crippen molar-refractivity contribution in [3.05, 3.63) is 22.5 Å². The van der Waals surface area contributed by atoms with Crippen molar-refractivity contribution in [2.45, 2.75) is 13.3 Å². The lowest BCUT2D eigenvalue weighted by Gasteiger charge is -2.05. The van der Waals surface area contributed by atoms with Crippen molar-refractivity contribution in [3.63, 3.8) is 0 Å². The molecule has 0 rings (SSSR count). The first-order chi connectivity index (χ1) is 5.16. The van der Waals surface area contributed by atoms with Gasteiger partial charge in [0.2, 0.25) is 0 Å². The van der Waals surface area contributed by atoms with Crippen LogP contribution < -0.4 is 0 Å². The normalized spacial score (nSPS) is 8.82. The van der Waals surface area contributed by atoms with Crippen LogP contribution in [0.25, 0.3) is 0 Å². The molecule has 0 saturated heterocycles. The number of nitrogens with zero attached hydrogens (tertiary/aromatic N) is 1. The number of rotatable bonds is 6. The molecule has 0 spiro atoms. The molecule has 0 aromatic carbocycles. The van der Waals surface area contributed by atoms with Gasteiger partial charge in [-0.15, -0.1) is 10.1 Å². The molecule has 0 amide bonds. The lowest BCUT2D eigenvalue weighted by molar-refractivity contribution is -0.756. The Kier molecular flexibility index (Phi) is 4.89. The van der Waals surface area contributed by atoms with Crippen LogP contribution >= 0.6 is 0 Å². The molecular formula is C6H11NO4. The zero-order chi connectivity index (χ0) is 8.69. The van der Waals surface area contributed by atoms with Gasteiger partial charge in [0, 0.05) is 0 Å². The molecule has 0 N–H and O–H groups in total. The van der Waals surface area contributed by atoms with E-state index in [-0.39, 0.29) is 12.4 Å². The smallest absolute Gasteiger partial charge is 0.294 e. The number of hydrogen-bond acceptors (Lipinski definition) is 4. The molecule has 0 radical (unpaired) electrons. The Bertz CT molecular complexity index is 146. The molecular weight excluding hydrogens is 150 g/mol. The fourth-order valence-corrected chi connectivity index (χ4v) is 0.413. The van der Waals surface area contributed by atoms with Crippen LogP contribution in [-0.4, -0.2) is 18.3 Å². The van der Waals surface area contributed by atoms with E-state index in [9.17, 15) is 10.1 Å². The Labute approximate surface area is 64.7 Å². The fourth-order valence-electron chi connectivity index (χ4n) is 0.413. The Morgan fingerprint density at radius 3 is 2.82 bits per heavy atom. The summed E-state index contributed by atoms with van der Waals surface area (Å²) in [4.78, 5) is 13.7. The minimum absolute atomic E-state index is 0.188. The van der Waals surface area contributed by atoms with Crippen LogP contribution in [-0.2, 0) is 9.57 Å². The highest BCUT2D eigenvalue weighted by atomic mass is 17.0. The molecule has 0 unspecified atom stereocenters. The van der Waals surface area contributed by atoms with Crippen molar-refractivity contribution in [3.8, 4) is 0 Å². The second-order valence-electron chi connectivity index (χ2n) is 1.88. The summed E-state index contributed by atoms with van der Waals surface area (Å²) in [7, 11) is 0. The van der Waals surface area contributed by atoms with Crippen LogP contribution in [0.4, 0.5) is 0 Å². The van der Waals surface area contributed by atoms with E-state index in [1.807, 2.05) is 6.92 Å². The Morgan fingerprint density at radius 1 is 1.73 bits per heavy atom. The summed E-state index contributed by atoms with van der Waals surface area (Å²) < 4.78 is 4.92. The van der Waals surface area contributed by atoms with E-state index < -0.39 is 5.09 Å². The van der Waals surface area contributed by atoms with Gasteiger partial charge in [-0.25, -0.2) is 0 Å². The van der Waals surface area contributed by atoms with Crippen molar-refractivity contribution in [2.75, 3.05) is 13.2 Å². The molecule has 0 atom stereocenters. The predicted molar refractivity (Wildman–Crippen MR) is 38.3 cm³/mol. The average molecular weight is 161 g/mol. The van der Waals surface area contributed by atoms with Crippen molar-refractivity contribution in [1.82, 2.24) is 0 Å². The fraction of sp³-hybridized carbons (Fsp3) is 0.667. The molecule has 0 aromatic rings. The lowest BCUT2D eigenvalue weighted by atomic mass is 10.5. The predicted octanol–water partition coefficient (Wildman–Crippen LogP) is 1.14. The van der Waals surface area contributed by atoms with E-state index in [0.29, 0.717) is 6.61 Å². The maximum atomic E-state index is 9.66. The Morgan fingerprint density at radius 2 is 2.36 bits per heavy atom. The van der Waals surface area contributed by atoms with Crippen molar-refractivity contribution < 1.29 is 14.7 Å². The van der Waals surface area contributed by atoms with Gasteiger partial charge in [0.25, 0.3) is 5.09 Å². The highest BCUT2D eigenvalue weighted by Crippen LogP contribution is 1.95. The number of hydrogen-bond donors (Lipinski definition) is 0. The number of ether oxygens (including phenoxy) is 1. The van der Waals surface area contributed by atoms with Gasteiger partial charge >= 0.3 is 0 Å². The van der Waals surface area contributed by atoms with E-state index in [0.717, 1.165) is 6.42 Å². The molecule has 0 aliphatic rings. The first-order valence-electron chi connectivity index (χ1n) is 3.24. The summed E-state index contributed by atoms with van der Waals surface area (Å²) in [6.07, 6.45) is 0.845. The van der Waals surface area contributed by atoms with E-state index in [4.69, 9.17) is 4.74 Å². The van der Waals surface area contributed by atoms with Gasteiger partial charge in [-0.3, -0.25) is 0 Å². The van der Waals surface area contributed by atoms with Crippen LogP contribution in [0.2, 0.25) is 0 Å². The summed E-state index contributed by atoms with van der Waals surface area (Å²) in [6.45, 7) is 5.67. The first-order valence-corrected chi connectivity index (χ1v) is 3.24. The Balaban J connectivity index is 3.30. The molecule has 0 bridgehead atoms.